The van der Waals surface area contributed by atoms with E-state index in [1.54, 1.807) is 21.1 Å². The number of thiophene rings is 1. The zero-order valence-corrected chi connectivity index (χ0v) is 12.6. The minimum atomic E-state index is -0.199. The molecule has 108 valence electrons. The van der Waals surface area contributed by atoms with Gasteiger partial charge in [0, 0.05) is 16.3 Å². The first-order valence-corrected chi connectivity index (χ1v) is 8.16. The van der Waals surface area contributed by atoms with Gasteiger partial charge in [0.05, 0.1) is 6.54 Å². The molecule has 5 heteroatoms. The van der Waals surface area contributed by atoms with Crippen LogP contribution in [0.5, 0.6) is 0 Å². The summed E-state index contributed by atoms with van der Waals surface area (Å²) in [5, 5.41) is 0. The average molecular weight is 292 g/mol. The predicted molar refractivity (Wildman–Crippen MR) is 78.5 cm³/mol. The van der Waals surface area contributed by atoms with Crippen molar-refractivity contribution in [1.29, 1.82) is 0 Å². The summed E-state index contributed by atoms with van der Waals surface area (Å²) in [7, 11) is 0. The third-order valence-corrected chi connectivity index (χ3v) is 5.37. The van der Waals surface area contributed by atoms with Crippen molar-refractivity contribution in [2.45, 2.75) is 45.2 Å². The topological polar surface area (TPSA) is 40.6 Å². The number of piperidine rings is 1. The molecular weight excluding hydrogens is 272 g/mol. The van der Waals surface area contributed by atoms with E-state index in [2.05, 4.69) is 19.1 Å². The number of nitrogens with zero attached hydrogens (tertiary/aromatic N) is 2. The number of hydrogen-bond acceptors (Lipinski definition) is 3. The number of rotatable bonds is 3. The van der Waals surface area contributed by atoms with E-state index in [9.17, 15) is 9.59 Å². The Morgan fingerprint density at radius 1 is 1.25 bits per heavy atom. The largest absolute Gasteiger partial charge is 0.329 e. The van der Waals surface area contributed by atoms with E-state index in [0.717, 1.165) is 32.2 Å². The molecule has 0 aliphatic carbocycles. The molecule has 0 spiro atoms. The van der Waals surface area contributed by atoms with Crippen LogP contribution in [0.1, 0.15) is 35.9 Å². The predicted octanol–water partition coefficient (Wildman–Crippen LogP) is 2.03. The van der Waals surface area contributed by atoms with Crippen LogP contribution < -0.4 is 0 Å². The third kappa shape index (κ3) is 2.46. The lowest BCUT2D eigenvalue weighted by atomic mass is 9.98. The van der Waals surface area contributed by atoms with E-state index in [-0.39, 0.29) is 24.4 Å². The molecule has 0 saturated carbocycles. The summed E-state index contributed by atoms with van der Waals surface area (Å²) in [5.41, 5.74) is 0. The molecule has 20 heavy (non-hydrogen) atoms. The van der Waals surface area contributed by atoms with Gasteiger partial charge in [-0.3, -0.25) is 9.59 Å². The van der Waals surface area contributed by atoms with Crippen molar-refractivity contribution in [1.82, 2.24) is 9.80 Å². The van der Waals surface area contributed by atoms with Gasteiger partial charge in [-0.1, -0.05) is 6.92 Å². The molecule has 3 rings (SSSR count). The van der Waals surface area contributed by atoms with Crippen molar-refractivity contribution in [3.63, 3.8) is 0 Å². The summed E-state index contributed by atoms with van der Waals surface area (Å²) < 4.78 is 0. The molecule has 2 aliphatic rings. The SMILES string of the molecule is CCc1ccc(CN2CC(=O)N3CCCCC3C2=O)s1. The van der Waals surface area contributed by atoms with Crippen LogP contribution in [0.2, 0.25) is 0 Å². The van der Waals surface area contributed by atoms with Crippen LogP contribution in [-0.4, -0.2) is 40.7 Å². The van der Waals surface area contributed by atoms with Gasteiger partial charge in [0.15, 0.2) is 0 Å². The highest BCUT2D eigenvalue weighted by molar-refractivity contribution is 7.11. The van der Waals surface area contributed by atoms with Crippen molar-refractivity contribution in [3.05, 3.63) is 21.9 Å². The lowest BCUT2D eigenvalue weighted by molar-refractivity contribution is -0.158. The molecule has 0 radical (unpaired) electrons. The molecule has 1 aromatic rings. The smallest absolute Gasteiger partial charge is 0.246 e. The van der Waals surface area contributed by atoms with Gasteiger partial charge in [-0.15, -0.1) is 11.3 Å². The molecule has 2 fully saturated rings. The molecule has 0 bridgehead atoms. The maximum Gasteiger partial charge on any atom is 0.246 e. The monoisotopic (exact) mass is 292 g/mol. The van der Waals surface area contributed by atoms with Gasteiger partial charge in [0.25, 0.3) is 0 Å². The van der Waals surface area contributed by atoms with Crippen LogP contribution in [0.15, 0.2) is 12.1 Å². The maximum absolute atomic E-state index is 12.5. The first-order valence-electron chi connectivity index (χ1n) is 7.35. The van der Waals surface area contributed by atoms with E-state index in [1.165, 1.54) is 9.75 Å². The van der Waals surface area contributed by atoms with E-state index in [4.69, 9.17) is 0 Å². The fraction of sp³-hybridized carbons (Fsp3) is 0.600. The fourth-order valence-corrected chi connectivity index (χ4v) is 4.02. The van der Waals surface area contributed by atoms with E-state index in [1.807, 2.05) is 0 Å². The number of carbonyl (C=O) groups is 2. The van der Waals surface area contributed by atoms with Gasteiger partial charge >= 0.3 is 0 Å². The Kier molecular flexibility index (Phi) is 3.78. The number of carbonyl (C=O) groups excluding carboxylic acids is 2. The molecule has 2 aliphatic heterocycles. The molecule has 3 heterocycles. The normalized spacial score (nSPS) is 23.1. The quantitative estimate of drug-likeness (QED) is 0.855. The number of amides is 2. The molecule has 0 aromatic carbocycles. The zero-order chi connectivity index (χ0) is 14.1. The first kappa shape index (κ1) is 13.6. The highest BCUT2D eigenvalue weighted by Gasteiger charge is 2.40. The minimum absolute atomic E-state index is 0.113. The first-order chi connectivity index (χ1) is 9.69. The lowest BCUT2D eigenvalue weighted by Gasteiger charge is -2.42. The molecular formula is C15H20N2O2S. The van der Waals surface area contributed by atoms with Crippen molar-refractivity contribution in [2.24, 2.45) is 0 Å². The lowest BCUT2D eigenvalue weighted by Crippen LogP contribution is -2.60. The van der Waals surface area contributed by atoms with Gasteiger partial charge in [0.2, 0.25) is 11.8 Å². The van der Waals surface area contributed by atoms with Gasteiger partial charge < -0.3 is 9.80 Å². The summed E-state index contributed by atoms with van der Waals surface area (Å²) in [6.45, 7) is 3.71. The van der Waals surface area contributed by atoms with Gasteiger partial charge in [-0.2, -0.15) is 0 Å². The zero-order valence-electron chi connectivity index (χ0n) is 11.8. The van der Waals surface area contributed by atoms with E-state index in [0.29, 0.717) is 6.54 Å². The Balaban J connectivity index is 1.73. The Hall–Kier alpha value is -1.36. The van der Waals surface area contributed by atoms with Crippen molar-refractivity contribution >= 4 is 23.2 Å². The highest BCUT2D eigenvalue weighted by Crippen LogP contribution is 2.25. The van der Waals surface area contributed by atoms with Crippen LogP contribution in [-0.2, 0) is 22.6 Å². The molecule has 0 N–H and O–H groups in total. The van der Waals surface area contributed by atoms with Gasteiger partial charge in [0.1, 0.15) is 12.6 Å². The van der Waals surface area contributed by atoms with Crippen LogP contribution in [0.4, 0.5) is 0 Å². The Labute approximate surface area is 123 Å². The third-order valence-electron chi connectivity index (χ3n) is 4.16. The standard InChI is InChI=1S/C15H20N2O2S/c1-2-11-6-7-12(20-11)9-16-10-14(18)17-8-4-3-5-13(17)15(16)19/h6-7,13H,2-5,8-10H2,1H3. The van der Waals surface area contributed by atoms with E-state index >= 15 is 0 Å². The number of fused-ring (bicyclic) bond motifs is 1. The second-order valence-electron chi connectivity index (χ2n) is 5.51. The summed E-state index contributed by atoms with van der Waals surface area (Å²) >= 11 is 1.74. The molecule has 2 amide bonds. The van der Waals surface area contributed by atoms with Crippen LogP contribution in [0.25, 0.3) is 0 Å². The molecule has 1 atom stereocenters. The summed E-state index contributed by atoms with van der Waals surface area (Å²) in [6, 6.07) is 3.99. The minimum Gasteiger partial charge on any atom is -0.329 e. The van der Waals surface area contributed by atoms with Gasteiger partial charge in [-0.25, -0.2) is 0 Å². The summed E-state index contributed by atoms with van der Waals surface area (Å²) in [4.78, 5) is 30.7. The number of hydrogen-bond donors (Lipinski definition) is 0. The van der Waals surface area contributed by atoms with E-state index < -0.39 is 0 Å². The average Bonchev–Trinajstić information content (AvgIpc) is 2.92. The molecule has 2 saturated heterocycles. The van der Waals surface area contributed by atoms with Crippen LogP contribution in [0.3, 0.4) is 0 Å². The summed E-state index contributed by atoms with van der Waals surface area (Å²) in [6.07, 6.45) is 3.92. The Morgan fingerprint density at radius 3 is 2.80 bits per heavy atom. The van der Waals surface area contributed by atoms with Crippen molar-refractivity contribution < 1.29 is 9.59 Å². The van der Waals surface area contributed by atoms with Crippen LogP contribution >= 0.6 is 11.3 Å². The highest BCUT2D eigenvalue weighted by atomic mass is 32.1. The molecule has 1 aromatic heterocycles. The number of piperazine rings is 1. The van der Waals surface area contributed by atoms with Crippen molar-refractivity contribution in [2.75, 3.05) is 13.1 Å². The number of aryl methyl sites for hydroxylation is 1. The Bertz CT molecular complexity index is 526. The Morgan fingerprint density at radius 2 is 2.05 bits per heavy atom. The molecule has 4 nitrogen and oxygen atoms in total. The maximum atomic E-state index is 12.5. The van der Waals surface area contributed by atoms with Crippen LogP contribution in [0, 0.1) is 0 Å². The van der Waals surface area contributed by atoms with Gasteiger partial charge in [-0.05, 0) is 37.8 Å². The molecule has 1 unspecified atom stereocenters. The second-order valence-corrected chi connectivity index (χ2v) is 6.77. The fourth-order valence-electron chi connectivity index (χ4n) is 3.05. The summed E-state index contributed by atoms with van der Waals surface area (Å²) in [5.74, 6) is 0.248. The second kappa shape index (κ2) is 5.56. The van der Waals surface area contributed by atoms with Crippen molar-refractivity contribution in [3.8, 4) is 0 Å².